The van der Waals surface area contributed by atoms with Crippen LogP contribution in [-0.2, 0) is 15.3 Å². The maximum atomic E-state index is 12.8. The lowest BCUT2D eigenvalue weighted by Gasteiger charge is -2.33. The first kappa shape index (κ1) is 21.8. The zero-order valence-corrected chi connectivity index (χ0v) is 19.0. The van der Waals surface area contributed by atoms with Gasteiger partial charge in [0.2, 0.25) is 11.8 Å². The quantitative estimate of drug-likeness (QED) is 0.726. The molecule has 1 saturated heterocycles. The Balaban J connectivity index is 1.54. The van der Waals surface area contributed by atoms with Crippen molar-refractivity contribution in [2.45, 2.75) is 51.5 Å². The van der Waals surface area contributed by atoms with E-state index in [9.17, 15) is 14.4 Å². The average molecular weight is 437 g/mol. The highest BCUT2D eigenvalue weighted by atomic mass is 32.2. The van der Waals surface area contributed by atoms with E-state index in [1.54, 1.807) is 0 Å². The highest BCUT2D eigenvalue weighted by Crippen LogP contribution is 2.27. The van der Waals surface area contributed by atoms with Crippen LogP contribution in [0.4, 0.5) is 0 Å². The molecule has 2 aromatic heterocycles. The third kappa shape index (κ3) is 5.19. The molecule has 2 N–H and O–H groups in total. The summed E-state index contributed by atoms with van der Waals surface area (Å²) >= 11 is 3.03. The van der Waals surface area contributed by atoms with Gasteiger partial charge in [-0.15, -0.1) is 23.1 Å². The molecular weight excluding hydrogens is 408 g/mol. The fraction of sp³-hybridized carbons (Fsp3) is 0.600. The fourth-order valence-corrected chi connectivity index (χ4v) is 5.43. The standard InChI is InChI=1S/C20H28N4O3S2/c1-11-12(2)29-19-17(11)18(26)22-16(23-19)10-28-13(3)20(27)24-7-5-15(6-8-24)9-21-14(4)25/h13,15H,5-10H2,1-4H3,(H,21,25)(H,22,23,26). The first-order valence-corrected chi connectivity index (χ1v) is 11.8. The molecule has 9 heteroatoms. The normalized spacial score (nSPS) is 16.2. The Hall–Kier alpha value is -1.87. The van der Waals surface area contributed by atoms with Crippen molar-refractivity contribution in [3.05, 3.63) is 26.6 Å². The van der Waals surface area contributed by atoms with Crippen molar-refractivity contribution < 1.29 is 9.59 Å². The number of thioether (sulfide) groups is 1. The van der Waals surface area contributed by atoms with E-state index in [1.807, 2.05) is 25.7 Å². The monoisotopic (exact) mass is 436 g/mol. The smallest absolute Gasteiger partial charge is 0.259 e. The molecule has 158 valence electrons. The van der Waals surface area contributed by atoms with Crippen LogP contribution in [0.15, 0.2) is 4.79 Å². The second-order valence-corrected chi connectivity index (χ2v) is 10.2. The fourth-order valence-electron chi connectivity index (χ4n) is 3.55. The van der Waals surface area contributed by atoms with Gasteiger partial charge in [0.15, 0.2) is 0 Å². The summed E-state index contributed by atoms with van der Waals surface area (Å²) in [5.41, 5.74) is 0.885. The molecule has 2 amide bonds. The molecule has 1 aliphatic heterocycles. The van der Waals surface area contributed by atoms with E-state index in [0.717, 1.165) is 41.2 Å². The van der Waals surface area contributed by atoms with Crippen LogP contribution >= 0.6 is 23.1 Å². The van der Waals surface area contributed by atoms with Crippen LogP contribution < -0.4 is 10.9 Å². The highest BCUT2D eigenvalue weighted by Gasteiger charge is 2.26. The van der Waals surface area contributed by atoms with Crippen molar-refractivity contribution in [2.75, 3.05) is 19.6 Å². The van der Waals surface area contributed by atoms with Gasteiger partial charge >= 0.3 is 0 Å². The van der Waals surface area contributed by atoms with Crippen molar-refractivity contribution in [1.82, 2.24) is 20.2 Å². The Morgan fingerprint density at radius 2 is 2.03 bits per heavy atom. The summed E-state index contributed by atoms with van der Waals surface area (Å²) in [6.45, 7) is 9.51. The summed E-state index contributed by atoms with van der Waals surface area (Å²) in [5, 5.41) is 3.34. The third-order valence-electron chi connectivity index (χ3n) is 5.47. The van der Waals surface area contributed by atoms with Gasteiger partial charge in [0, 0.05) is 31.4 Å². The number of aromatic amines is 1. The number of hydrogen-bond donors (Lipinski definition) is 2. The number of aromatic nitrogens is 2. The topological polar surface area (TPSA) is 95.2 Å². The van der Waals surface area contributed by atoms with E-state index in [2.05, 4.69) is 15.3 Å². The van der Waals surface area contributed by atoms with Gasteiger partial charge in [0.05, 0.1) is 16.4 Å². The molecular formula is C20H28N4O3S2. The van der Waals surface area contributed by atoms with Gasteiger partial charge in [-0.3, -0.25) is 14.4 Å². The minimum absolute atomic E-state index is 0.00811. The molecule has 0 aliphatic carbocycles. The number of H-pyrrole nitrogens is 1. The number of piperidine rings is 1. The number of carbonyl (C=O) groups excluding carboxylic acids is 2. The van der Waals surface area contributed by atoms with Gasteiger partial charge in [-0.05, 0) is 45.1 Å². The second kappa shape index (κ2) is 9.30. The zero-order valence-electron chi connectivity index (χ0n) is 17.3. The van der Waals surface area contributed by atoms with Gasteiger partial charge in [-0.2, -0.15) is 0 Å². The summed E-state index contributed by atoms with van der Waals surface area (Å²) in [7, 11) is 0. The van der Waals surface area contributed by atoms with Crippen molar-refractivity contribution in [1.29, 1.82) is 0 Å². The molecule has 3 rings (SSSR count). The lowest BCUT2D eigenvalue weighted by Crippen LogP contribution is -2.44. The van der Waals surface area contributed by atoms with Crippen LogP contribution in [-0.4, -0.2) is 51.6 Å². The maximum Gasteiger partial charge on any atom is 0.259 e. The van der Waals surface area contributed by atoms with E-state index >= 15 is 0 Å². The molecule has 2 aromatic rings. The van der Waals surface area contributed by atoms with E-state index in [0.29, 0.717) is 29.4 Å². The predicted molar refractivity (Wildman–Crippen MR) is 118 cm³/mol. The Labute approximate surface area is 178 Å². The molecule has 1 fully saturated rings. The molecule has 1 unspecified atom stereocenters. The maximum absolute atomic E-state index is 12.8. The van der Waals surface area contributed by atoms with Gasteiger partial charge in [0.25, 0.3) is 5.56 Å². The largest absolute Gasteiger partial charge is 0.356 e. The molecule has 0 radical (unpaired) electrons. The van der Waals surface area contributed by atoms with E-state index in [1.165, 1.54) is 30.0 Å². The van der Waals surface area contributed by atoms with Crippen LogP contribution in [0.5, 0.6) is 0 Å². The SMILES string of the molecule is CC(=O)NCC1CCN(C(=O)C(C)SCc2nc3sc(C)c(C)c3c(=O)[nH]2)CC1. The molecule has 0 saturated carbocycles. The summed E-state index contributed by atoms with van der Waals surface area (Å²) < 4.78 is 0. The Morgan fingerprint density at radius 1 is 1.34 bits per heavy atom. The molecule has 0 spiro atoms. The first-order chi connectivity index (χ1) is 13.8. The highest BCUT2D eigenvalue weighted by molar-refractivity contribution is 7.99. The molecule has 7 nitrogen and oxygen atoms in total. The minimum atomic E-state index is -0.199. The van der Waals surface area contributed by atoms with E-state index in [-0.39, 0.29) is 22.6 Å². The van der Waals surface area contributed by atoms with E-state index < -0.39 is 0 Å². The van der Waals surface area contributed by atoms with Crippen LogP contribution in [0.2, 0.25) is 0 Å². The van der Waals surface area contributed by atoms with Crippen molar-refractivity contribution in [3.63, 3.8) is 0 Å². The number of fused-ring (bicyclic) bond motifs is 1. The Morgan fingerprint density at radius 3 is 2.69 bits per heavy atom. The Bertz CT molecular complexity index is 961. The van der Waals surface area contributed by atoms with Gasteiger partial charge < -0.3 is 15.2 Å². The number of amides is 2. The Kier molecular flexibility index (Phi) is 7.00. The molecule has 3 heterocycles. The van der Waals surface area contributed by atoms with Crippen LogP contribution in [0.1, 0.15) is 43.0 Å². The summed E-state index contributed by atoms with van der Waals surface area (Å²) in [6, 6.07) is 0. The van der Waals surface area contributed by atoms with Crippen molar-refractivity contribution in [2.24, 2.45) is 5.92 Å². The number of carbonyl (C=O) groups is 2. The summed E-state index contributed by atoms with van der Waals surface area (Å²) in [4.78, 5) is 47.4. The van der Waals surface area contributed by atoms with Crippen LogP contribution in [0.3, 0.4) is 0 Å². The molecule has 0 aromatic carbocycles. The number of nitrogens with zero attached hydrogens (tertiary/aromatic N) is 2. The number of hydrogen-bond acceptors (Lipinski definition) is 6. The lowest BCUT2D eigenvalue weighted by molar-refractivity contribution is -0.131. The van der Waals surface area contributed by atoms with Gasteiger partial charge in [0.1, 0.15) is 10.7 Å². The van der Waals surface area contributed by atoms with Crippen LogP contribution in [0.25, 0.3) is 10.2 Å². The average Bonchev–Trinajstić information content (AvgIpc) is 2.98. The molecule has 1 atom stereocenters. The predicted octanol–water partition coefficient (Wildman–Crippen LogP) is 2.60. The number of nitrogens with one attached hydrogen (secondary N) is 2. The minimum Gasteiger partial charge on any atom is -0.356 e. The first-order valence-electron chi connectivity index (χ1n) is 9.90. The van der Waals surface area contributed by atoms with E-state index in [4.69, 9.17) is 0 Å². The molecule has 0 bridgehead atoms. The lowest BCUT2D eigenvalue weighted by atomic mass is 9.96. The molecule has 1 aliphatic rings. The number of rotatable bonds is 6. The van der Waals surface area contributed by atoms with Gasteiger partial charge in [-0.1, -0.05) is 0 Å². The molecule has 29 heavy (non-hydrogen) atoms. The summed E-state index contributed by atoms with van der Waals surface area (Å²) in [6.07, 6.45) is 1.82. The third-order valence-corrected chi connectivity index (χ3v) is 7.71. The van der Waals surface area contributed by atoms with Crippen molar-refractivity contribution in [3.8, 4) is 0 Å². The second-order valence-electron chi connectivity index (χ2n) is 7.64. The summed E-state index contributed by atoms with van der Waals surface area (Å²) in [5.74, 6) is 1.66. The number of aryl methyl sites for hydroxylation is 2. The van der Waals surface area contributed by atoms with Crippen molar-refractivity contribution >= 4 is 45.1 Å². The number of likely N-dealkylation sites (tertiary alicyclic amines) is 1. The zero-order chi connectivity index (χ0) is 21.1. The number of thiophene rings is 1. The van der Waals surface area contributed by atoms with Crippen LogP contribution in [0, 0.1) is 19.8 Å². The van der Waals surface area contributed by atoms with Gasteiger partial charge in [-0.25, -0.2) is 4.98 Å².